The molecule has 3 nitrogen and oxygen atoms in total. The molecular weight excluding hydrogens is 402 g/mol. The van der Waals surface area contributed by atoms with Crippen LogP contribution in [0.2, 0.25) is 5.02 Å². The molecule has 2 rings (SSSR count). The number of hydrogen-bond donors (Lipinski definition) is 1. The van der Waals surface area contributed by atoms with Gasteiger partial charge in [-0.2, -0.15) is 0 Å². The number of methoxy groups -OCH3 is 1. The van der Waals surface area contributed by atoms with E-state index in [2.05, 4.69) is 28.2 Å². The summed E-state index contributed by atoms with van der Waals surface area (Å²) in [5.74, 6) is 1.44. The van der Waals surface area contributed by atoms with Crippen molar-refractivity contribution < 1.29 is 9.47 Å². The first-order valence-electron chi connectivity index (χ1n) is 8.58. The molecule has 5 heteroatoms. The van der Waals surface area contributed by atoms with E-state index in [1.54, 1.807) is 7.11 Å². The zero-order valence-electron chi connectivity index (χ0n) is 14.8. The number of ether oxygens (including phenoxy) is 2. The number of nitrogens with one attached hydrogen (secondary N) is 1. The second-order valence-electron chi connectivity index (χ2n) is 5.90. The monoisotopic (exact) mass is 425 g/mol. The van der Waals surface area contributed by atoms with Crippen molar-refractivity contribution in [3.8, 4) is 11.5 Å². The van der Waals surface area contributed by atoms with Crippen LogP contribution in [0.4, 0.5) is 0 Å². The molecule has 0 aromatic heterocycles. The SMILES string of the molecule is CCCCCNCc1cc(OC)c(OCc2cccc(Cl)c2)cc1Br. The first-order chi connectivity index (χ1) is 12.1. The molecule has 136 valence electrons. The number of rotatable bonds is 10. The van der Waals surface area contributed by atoms with Gasteiger partial charge >= 0.3 is 0 Å². The van der Waals surface area contributed by atoms with Crippen LogP contribution in [0.3, 0.4) is 0 Å². The van der Waals surface area contributed by atoms with Crippen molar-refractivity contribution in [1.29, 1.82) is 0 Å². The Morgan fingerprint density at radius 3 is 2.68 bits per heavy atom. The summed E-state index contributed by atoms with van der Waals surface area (Å²) in [6.07, 6.45) is 3.69. The molecule has 0 radical (unpaired) electrons. The molecule has 0 aliphatic rings. The van der Waals surface area contributed by atoms with Gasteiger partial charge in [0.1, 0.15) is 6.61 Å². The summed E-state index contributed by atoms with van der Waals surface area (Å²) in [7, 11) is 1.66. The highest BCUT2D eigenvalue weighted by molar-refractivity contribution is 9.10. The summed E-state index contributed by atoms with van der Waals surface area (Å²) in [4.78, 5) is 0. The molecule has 0 saturated carbocycles. The van der Waals surface area contributed by atoms with Crippen molar-refractivity contribution in [2.45, 2.75) is 39.3 Å². The number of halogens is 2. The summed E-state index contributed by atoms with van der Waals surface area (Å²) in [5.41, 5.74) is 2.18. The Labute approximate surface area is 163 Å². The topological polar surface area (TPSA) is 30.5 Å². The average Bonchev–Trinajstić information content (AvgIpc) is 2.61. The summed E-state index contributed by atoms with van der Waals surface area (Å²) < 4.78 is 12.4. The fourth-order valence-electron chi connectivity index (χ4n) is 2.50. The van der Waals surface area contributed by atoms with Gasteiger partial charge in [0.2, 0.25) is 0 Å². The van der Waals surface area contributed by atoms with Gasteiger partial charge in [0.25, 0.3) is 0 Å². The van der Waals surface area contributed by atoms with Crippen molar-refractivity contribution in [1.82, 2.24) is 5.32 Å². The molecule has 2 aromatic rings. The largest absolute Gasteiger partial charge is 0.493 e. The highest BCUT2D eigenvalue weighted by atomic mass is 79.9. The number of benzene rings is 2. The lowest BCUT2D eigenvalue weighted by molar-refractivity contribution is 0.284. The van der Waals surface area contributed by atoms with E-state index in [1.807, 2.05) is 36.4 Å². The van der Waals surface area contributed by atoms with Crippen LogP contribution in [0.15, 0.2) is 40.9 Å². The van der Waals surface area contributed by atoms with E-state index in [4.69, 9.17) is 21.1 Å². The lowest BCUT2D eigenvalue weighted by Crippen LogP contribution is -2.15. The Morgan fingerprint density at radius 2 is 1.96 bits per heavy atom. The molecule has 0 amide bonds. The third kappa shape index (κ3) is 6.53. The van der Waals surface area contributed by atoms with E-state index in [1.165, 1.54) is 19.3 Å². The maximum absolute atomic E-state index is 6.02. The quantitative estimate of drug-likeness (QED) is 0.475. The zero-order chi connectivity index (χ0) is 18.1. The van der Waals surface area contributed by atoms with Crippen molar-refractivity contribution in [3.63, 3.8) is 0 Å². The molecule has 0 unspecified atom stereocenters. The van der Waals surface area contributed by atoms with E-state index >= 15 is 0 Å². The van der Waals surface area contributed by atoms with Crippen molar-refractivity contribution in [3.05, 3.63) is 57.0 Å². The normalized spacial score (nSPS) is 10.7. The zero-order valence-corrected chi connectivity index (χ0v) is 17.1. The van der Waals surface area contributed by atoms with Crippen LogP contribution in [-0.4, -0.2) is 13.7 Å². The molecule has 0 bridgehead atoms. The van der Waals surface area contributed by atoms with Crippen LogP contribution >= 0.6 is 27.5 Å². The van der Waals surface area contributed by atoms with Crippen LogP contribution in [-0.2, 0) is 13.2 Å². The van der Waals surface area contributed by atoms with Gasteiger partial charge in [-0.05, 0) is 48.4 Å². The van der Waals surface area contributed by atoms with Crippen LogP contribution in [0.1, 0.15) is 37.3 Å². The van der Waals surface area contributed by atoms with Crippen molar-refractivity contribution in [2.24, 2.45) is 0 Å². The predicted molar refractivity (Wildman–Crippen MR) is 108 cm³/mol. The fraction of sp³-hybridized carbons (Fsp3) is 0.400. The lowest BCUT2D eigenvalue weighted by Gasteiger charge is -2.14. The lowest BCUT2D eigenvalue weighted by atomic mass is 10.2. The highest BCUT2D eigenvalue weighted by Gasteiger charge is 2.10. The molecule has 0 saturated heterocycles. The van der Waals surface area contributed by atoms with Crippen LogP contribution in [0, 0.1) is 0 Å². The minimum atomic E-state index is 0.442. The molecule has 0 spiro atoms. The summed E-state index contributed by atoms with van der Waals surface area (Å²) in [6, 6.07) is 11.6. The van der Waals surface area contributed by atoms with Gasteiger partial charge in [-0.25, -0.2) is 0 Å². The van der Waals surface area contributed by atoms with Crippen LogP contribution in [0.5, 0.6) is 11.5 Å². The first kappa shape index (κ1) is 20.1. The van der Waals surface area contributed by atoms with Gasteiger partial charge in [0.05, 0.1) is 7.11 Å². The minimum Gasteiger partial charge on any atom is -0.493 e. The minimum absolute atomic E-state index is 0.442. The van der Waals surface area contributed by atoms with E-state index in [9.17, 15) is 0 Å². The Balaban J connectivity index is 2.00. The Hall–Kier alpha value is -1.23. The van der Waals surface area contributed by atoms with Gasteiger partial charge in [0.15, 0.2) is 11.5 Å². The third-order valence-corrected chi connectivity index (χ3v) is 4.86. The van der Waals surface area contributed by atoms with E-state index in [0.29, 0.717) is 17.4 Å². The molecule has 0 atom stereocenters. The van der Waals surface area contributed by atoms with E-state index in [0.717, 1.165) is 34.4 Å². The summed E-state index contributed by atoms with van der Waals surface area (Å²) >= 11 is 9.65. The molecule has 0 fully saturated rings. The highest BCUT2D eigenvalue weighted by Crippen LogP contribution is 2.34. The predicted octanol–water partition coefficient (Wildman–Crippen LogP) is 5.97. The third-order valence-electron chi connectivity index (χ3n) is 3.89. The smallest absolute Gasteiger partial charge is 0.162 e. The fourth-order valence-corrected chi connectivity index (χ4v) is 3.17. The molecule has 1 N–H and O–H groups in total. The maximum atomic E-state index is 6.02. The van der Waals surface area contributed by atoms with Crippen molar-refractivity contribution >= 4 is 27.5 Å². The van der Waals surface area contributed by atoms with E-state index < -0.39 is 0 Å². The molecule has 25 heavy (non-hydrogen) atoms. The van der Waals surface area contributed by atoms with E-state index in [-0.39, 0.29) is 0 Å². The Morgan fingerprint density at radius 1 is 1.12 bits per heavy atom. The van der Waals surface area contributed by atoms with Crippen LogP contribution < -0.4 is 14.8 Å². The second-order valence-corrected chi connectivity index (χ2v) is 7.19. The summed E-state index contributed by atoms with van der Waals surface area (Å²) in [5, 5.41) is 4.18. The maximum Gasteiger partial charge on any atom is 0.162 e. The standard InChI is InChI=1S/C20H25BrClNO2/c1-3-4-5-9-23-13-16-11-19(24-2)20(12-18(16)21)25-14-15-7-6-8-17(22)10-15/h6-8,10-12,23H,3-5,9,13-14H2,1-2H3. The molecule has 0 aliphatic heterocycles. The Kier molecular flexibility index (Phi) is 8.59. The van der Waals surface area contributed by atoms with Crippen LogP contribution in [0.25, 0.3) is 0 Å². The van der Waals surface area contributed by atoms with Gasteiger partial charge < -0.3 is 14.8 Å². The molecule has 0 heterocycles. The van der Waals surface area contributed by atoms with Gasteiger partial charge in [0, 0.05) is 16.0 Å². The van der Waals surface area contributed by atoms with Gasteiger partial charge in [-0.15, -0.1) is 0 Å². The Bertz CT molecular complexity index is 679. The summed E-state index contributed by atoms with van der Waals surface area (Å²) in [6.45, 7) is 4.48. The first-order valence-corrected chi connectivity index (χ1v) is 9.75. The molecule has 2 aromatic carbocycles. The van der Waals surface area contributed by atoms with Gasteiger partial charge in [-0.3, -0.25) is 0 Å². The number of hydrogen-bond acceptors (Lipinski definition) is 3. The average molecular weight is 427 g/mol. The van der Waals surface area contributed by atoms with Crippen molar-refractivity contribution in [2.75, 3.05) is 13.7 Å². The molecular formula is C20H25BrClNO2. The number of unbranched alkanes of at least 4 members (excludes halogenated alkanes) is 2. The van der Waals surface area contributed by atoms with Gasteiger partial charge in [-0.1, -0.05) is 59.4 Å². The second kappa shape index (κ2) is 10.7. The molecule has 0 aliphatic carbocycles.